The monoisotopic (exact) mass is 321 g/mol. The van der Waals surface area contributed by atoms with Crippen LogP contribution in [0.4, 0.5) is 13.2 Å². The molecule has 9 heteroatoms. The van der Waals surface area contributed by atoms with Gasteiger partial charge in [0.1, 0.15) is 23.6 Å². The van der Waals surface area contributed by atoms with Crippen molar-refractivity contribution < 1.29 is 37.0 Å². The lowest BCUT2D eigenvalue weighted by molar-refractivity contribution is -0.140. The van der Waals surface area contributed by atoms with Gasteiger partial charge in [0, 0.05) is 0 Å². The zero-order valence-corrected chi connectivity index (χ0v) is 11.8. The molecule has 0 unspecified atom stereocenters. The van der Waals surface area contributed by atoms with E-state index >= 15 is 0 Å². The summed E-state index contributed by atoms with van der Waals surface area (Å²) in [5.74, 6) is -1.44. The Kier molecular flexibility index (Phi) is 6.02. The van der Waals surface area contributed by atoms with Crippen LogP contribution in [0.3, 0.4) is 0 Å². The molecule has 0 spiro atoms. The maximum Gasteiger partial charge on any atom is 0.405 e. The van der Waals surface area contributed by atoms with E-state index in [1.165, 1.54) is 26.4 Å². The quantitative estimate of drug-likeness (QED) is 0.805. The van der Waals surface area contributed by atoms with Crippen LogP contribution in [-0.2, 0) is 9.53 Å². The van der Waals surface area contributed by atoms with Gasteiger partial charge in [0.15, 0.2) is 6.61 Å². The number of benzene rings is 1. The van der Waals surface area contributed by atoms with Crippen LogP contribution in [0.1, 0.15) is 10.4 Å². The zero-order chi connectivity index (χ0) is 16.8. The highest BCUT2D eigenvalue weighted by Crippen LogP contribution is 2.24. The number of esters is 1. The number of methoxy groups -OCH3 is 2. The first kappa shape index (κ1) is 17.6. The van der Waals surface area contributed by atoms with Crippen molar-refractivity contribution in [3.05, 3.63) is 23.8 Å². The molecule has 0 heterocycles. The fraction of sp³-hybridized carbons (Fsp3) is 0.385. The highest BCUT2D eigenvalue weighted by atomic mass is 19.4. The number of halogens is 3. The molecule has 1 N–H and O–H groups in total. The molecule has 0 bridgehead atoms. The number of alkyl halides is 3. The summed E-state index contributed by atoms with van der Waals surface area (Å²) in [5.41, 5.74) is -0.00882. The first-order valence-electron chi connectivity index (χ1n) is 5.99. The van der Waals surface area contributed by atoms with Crippen molar-refractivity contribution in [3.63, 3.8) is 0 Å². The van der Waals surface area contributed by atoms with Gasteiger partial charge in [-0.3, -0.25) is 4.79 Å². The lowest BCUT2D eigenvalue weighted by Gasteiger charge is -2.11. The lowest BCUT2D eigenvalue weighted by Crippen LogP contribution is -2.36. The number of hydrogen-bond acceptors (Lipinski definition) is 5. The van der Waals surface area contributed by atoms with E-state index in [4.69, 9.17) is 9.47 Å². The Hall–Kier alpha value is -2.45. The number of amides is 1. The highest BCUT2D eigenvalue weighted by Gasteiger charge is 2.28. The van der Waals surface area contributed by atoms with Crippen molar-refractivity contribution >= 4 is 11.9 Å². The molecule has 0 radical (unpaired) electrons. The maximum atomic E-state index is 11.9. The Labute approximate surface area is 124 Å². The minimum atomic E-state index is -4.53. The van der Waals surface area contributed by atoms with Crippen molar-refractivity contribution in [2.45, 2.75) is 6.18 Å². The van der Waals surface area contributed by atoms with Crippen LogP contribution >= 0.6 is 0 Å². The second-order valence-electron chi connectivity index (χ2n) is 4.03. The zero-order valence-electron chi connectivity index (χ0n) is 11.8. The number of hydrogen-bond donors (Lipinski definition) is 1. The summed E-state index contributed by atoms with van der Waals surface area (Å²) in [6, 6.07) is 4.33. The van der Waals surface area contributed by atoms with E-state index in [1.807, 2.05) is 0 Å². The molecule has 0 aliphatic carbocycles. The van der Waals surface area contributed by atoms with Gasteiger partial charge in [0.25, 0.3) is 5.91 Å². The molecule has 1 amide bonds. The molecule has 6 nitrogen and oxygen atoms in total. The molecular formula is C13H14F3NO5. The van der Waals surface area contributed by atoms with Crippen molar-refractivity contribution in [1.82, 2.24) is 5.32 Å². The molecule has 22 heavy (non-hydrogen) atoms. The maximum absolute atomic E-state index is 11.9. The van der Waals surface area contributed by atoms with Crippen LogP contribution in [0.15, 0.2) is 18.2 Å². The lowest BCUT2D eigenvalue weighted by atomic mass is 10.2. The predicted octanol–water partition coefficient (Wildman–Crippen LogP) is 1.54. The van der Waals surface area contributed by atoms with Crippen LogP contribution in [0.5, 0.6) is 11.5 Å². The van der Waals surface area contributed by atoms with Gasteiger partial charge in [-0.25, -0.2) is 4.79 Å². The summed E-state index contributed by atoms with van der Waals surface area (Å²) in [4.78, 5) is 23.0. The van der Waals surface area contributed by atoms with Crippen molar-refractivity contribution in [2.24, 2.45) is 0 Å². The third-order valence-electron chi connectivity index (χ3n) is 2.45. The smallest absolute Gasteiger partial charge is 0.405 e. The van der Waals surface area contributed by atoms with E-state index in [0.717, 1.165) is 0 Å². The third kappa shape index (κ3) is 5.51. The van der Waals surface area contributed by atoms with Crippen LogP contribution in [-0.4, -0.2) is 45.4 Å². The first-order valence-corrected chi connectivity index (χ1v) is 5.99. The SMILES string of the molecule is COc1ccc(OC)c(C(=O)OCC(=O)NCC(F)(F)F)c1. The molecule has 0 atom stereocenters. The number of rotatable bonds is 6. The molecule has 122 valence electrons. The third-order valence-corrected chi connectivity index (χ3v) is 2.45. The fourth-order valence-electron chi connectivity index (χ4n) is 1.43. The molecule has 0 saturated carbocycles. The van der Waals surface area contributed by atoms with Gasteiger partial charge in [-0.1, -0.05) is 0 Å². The summed E-state index contributed by atoms with van der Waals surface area (Å²) in [6.07, 6.45) is -4.53. The van der Waals surface area contributed by atoms with Gasteiger partial charge >= 0.3 is 12.1 Å². The average Bonchev–Trinajstić information content (AvgIpc) is 2.49. The number of ether oxygens (including phenoxy) is 3. The van der Waals surface area contributed by atoms with Gasteiger partial charge in [-0.15, -0.1) is 0 Å². The van der Waals surface area contributed by atoms with Gasteiger partial charge in [0.05, 0.1) is 14.2 Å². The Morgan fingerprint density at radius 2 is 1.86 bits per heavy atom. The molecule has 0 aromatic heterocycles. The topological polar surface area (TPSA) is 73.9 Å². The molecule has 0 aliphatic heterocycles. The van der Waals surface area contributed by atoms with E-state index in [-0.39, 0.29) is 11.3 Å². The van der Waals surface area contributed by atoms with E-state index in [1.54, 1.807) is 11.4 Å². The van der Waals surface area contributed by atoms with Gasteiger partial charge in [-0.05, 0) is 18.2 Å². The van der Waals surface area contributed by atoms with Crippen LogP contribution < -0.4 is 14.8 Å². The van der Waals surface area contributed by atoms with E-state index in [2.05, 4.69) is 4.74 Å². The minimum Gasteiger partial charge on any atom is -0.497 e. The molecule has 1 rings (SSSR count). The fourth-order valence-corrected chi connectivity index (χ4v) is 1.43. The van der Waals surface area contributed by atoms with E-state index < -0.39 is 31.2 Å². The normalized spacial score (nSPS) is 10.8. The van der Waals surface area contributed by atoms with Crippen LogP contribution in [0.2, 0.25) is 0 Å². The Morgan fingerprint density at radius 3 is 2.41 bits per heavy atom. The molecule has 1 aromatic carbocycles. The second-order valence-corrected chi connectivity index (χ2v) is 4.03. The summed E-state index contributed by atoms with van der Waals surface area (Å²) >= 11 is 0. The number of nitrogens with one attached hydrogen (secondary N) is 1. The van der Waals surface area contributed by atoms with Crippen molar-refractivity contribution in [2.75, 3.05) is 27.4 Å². The Morgan fingerprint density at radius 1 is 1.18 bits per heavy atom. The van der Waals surface area contributed by atoms with Gasteiger partial charge in [0.2, 0.25) is 0 Å². The minimum absolute atomic E-state index is 0.00882. The Balaban J connectivity index is 2.63. The molecule has 0 fully saturated rings. The van der Waals surface area contributed by atoms with Crippen molar-refractivity contribution in [1.29, 1.82) is 0 Å². The van der Waals surface area contributed by atoms with Crippen LogP contribution in [0.25, 0.3) is 0 Å². The number of carbonyl (C=O) groups is 2. The summed E-state index contributed by atoms with van der Waals surface area (Å²) in [5, 5.41) is 1.58. The van der Waals surface area contributed by atoms with Crippen molar-refractivity contribution in [3.8, 4) is 11.5 Å². The standard InChI is InChI=1S/C13H14F3NO5/c1-20-8-3-4-10(21-2)9(5-8)12(19)22-6-11(18)17-7-13(14,15)16/h3-5H,6-7H2,1-2H3,(H,17,18). The Bertz CT molecular complexity index is 545. The second kappa shape index (κ2) is 7.53. The molecular weight excluding hydrogens is 307 g/mol. The average molecular weight is 321 g/mol. The van der Waals surface area contributed by atoms with E-state index in [9.17, 15) is 22.8 Å². The first-order chi connectivity index (χ1) is 10.3. The number of carbonyl (C=O) groups excluding carboxylic acids is 2. The summed E-state index contributed by atoms with van der Waals surface area (Å²) in [7, 11) is 2.72. The largest absolute Gasteiger partial charge is 0.497 e. The van der Waals surface area contributed by atoms with Gasteiger partial charge < -0.3 is 19.5 Å². The summed E-state index contributed by atoms with van der Waals surface area (Å²) in [6.45, 7) is -2.33. The van der Waals surface area contributed by atoms with Crippen LogP contribution in [0, 0.1) is 0 Å². The predicted molar refractivity (Wildman–Crippen MR) is 68.9 cm³/mol. The highest BCUT2D eigenvalue weighted by molar-refractivity contribution is 5.94. The molecule has 0 saturated heterocycles. The molecule has 0 aliphatic rings. The van der Waals surface area contributed by atoms with E-state index in [0.29, 0.717) is 5.75 Å². The van der Waals surface area contributed by atoms with Gasteiger partial charge in [-0.2, -0.15) is 13.2 Å². The summed E-state index contributed by atoms with van der Waals surface area (Å²) < 4.78 is 50.3. The molecule has 1 aromatic rings.